The zero-order chi connectivity index (χ0) is 22.6. The van der Waals surface area contributed by atoms with Crippen LogP contribution < -0.4 is 5.32 Å². The van der Waals surface area contributed by atoms with Crippen molar-refractivity contribution < 1.29 is 22.3 Å². The summed E-state index contributed by atoms with van der Waals surface area (Å²) in [5.74, 6) is -0.719. The Morgan fingerprint density at radius 1 is 1.13 bits per heavy atom. The molecule has 1 aliphatic rings. The van der Waals surface area contributed by atoms with E-state index in [9.17, 15) is 17.6 Å². The third kappa shape index (κ3) is 6.12. The van der Waals surface area contributed by atoms with E-state index >= 15 is 0 Å². The third-order valence-electron chi connectivity index (χ3n) is 5.10. The van der Waals surface area contributed by atoms with Crippen LogP contribution in [0.2, 0.25) is 0 Å². The van der Waals surface area contributed by atoms with Gasteiger partial charge in [0.2, 0.25) is 10.0 Å². The zero-order valence-electron chi connectivity index (χ0n) is 18.1. The predicted octanol–water partition coefficient (Wildman–Crippen LogP) is 3.75. The maximum absolute atomic E-state index is 13.4. The van der Waals surface area contributed by atoms with Gasteiger partial charge in [-0.3, -0.25) is 4.79 Å². The lowest BCUT2D eigenvalue weighted by Crippen LogP contribution is -2.40. The van der Waals surface area contributed by atoms with E-state index in [0.717, 1.165) is 5.56 Å². The summed E-state index contributed by atoms with van der Waals surface area (Å²) in [5.41, 5.74) is 0.963. The minimum Gasteiger partial charge on any atom is -0.379 e. The van der Waals surface area contributed by atoms with Gasteiger partial charge in [0.15, 0.2) is 0 Å². The number of rotatable bonds is 6. The number of hydrogen-bond acceptors (Lipinski definition) is 4. The molecule has 2 aromatic carbocycles. The number of morpholine rings is 1. The molecule has 0 spiro atoms. The largest absolute Gasteiger partial charge is 0.379 e. The van der Waals surface area contributed by atoms with Gasteiger partial charge < -0.3 is 10.1 Å². The van der Waals surface area contributed by atoms with Gasteiger partial charge in [0, 0.05) is 18.7 Å². The Hall–Kier alpha value is -2.29. The number of sulfonamides is 1. The fourth-order valence-corrected chi connectivity index (χ4v) is 4.99. The average Bonchev–Trinajstić information content (AvgIpc) is 2.73. The highest BCUT2D eigenvalue weighted by Gasteiger charge is 2.28. The summed E-state index contributed by atoms with van der Waals surface area (Å²) in [6.07, 6.45) is 0.635. The van der Waals surface area contributed by atoms with Gasteiger partial charge in [0.1, 0.15) is 5.82 Å². The lowest BCUT2D eigenvalue weighted by Gasteiger charge is -2.28. The number of hydrogen-bond donors (Lipinski definition) is 1. The van der Waals surface area contributed by atoms with Crippen molar-refractivity contribution in [3.05, 3.63) is 65.5 Å². The molecule has 0 aliphatic carbocycles. The van der Waals surface area contributed by atoms with E-state index in [-0.39, 0.29) is 46.7 Å². The van der Waals surface area contributed by atoms with E-state index in [1.54, 1.807) is 24.3 Å². The summed E-state index contributed by atoms with van der Waals surface area (Å²) in [6, 6.07) is 11.8. The molecule has 1 aliphatic heterocycles. The molecular weight excluding hydrogens is 419 g/mol. The summed E-state index contributed by atoms with van der Waals surface area (Å²) in [6.45, 7) is 7.46. The molecule has 1 N–H and O–H groups in total. The second-order valence-corrected chi connectivity index (χ2v) is 10.8. The first-order valence-electron chi connectivity index (χ1n) is 10.3. The van der Waals surface area contributed by atoms with Crippen LogP contribution in [-0.4, -0.2) is 44.9 Å². The minimum atomic E-state index is -3.70. The molecule has 1 unspecified atom stereocenters. The fourth-order valence-electron chi connectivity index (χ4n) is 3.54. The van der Waals surface area contributed by atoms with Gasteiger partial charge in [-0.2, -0.15) is 4.31 Å². The van der Waals surface area contributed by atoms with Crippen molar-refractivity contribution in [1.82, 2.24) is 9.62 Å². The zero-order valence-corrected chi connectivity index (χ0v) is 18.9. The molecule has 2 aromatic rings. The molecule has 1 fully saturated rings. The topological polar surface area (TPSA) is 75.7 Å². The standard InChI is InChI=1S/C23H29FN2O4S/c1-23(2,3)16-21(17-7-9-19(24)10-8-17)25-22(27)18-5-4-6-20(15-18)31(28,29)26-11-13-30-14-12-26/h4-10,15,21H,11-14,16H2,1-3H3,(H,25,27). The molecule has 1 amide bonds. The van der Waals surface area contributed by atoms with Crippen molar-refractivity contribution >= 4 is 15.9 Å². The summed E-state index contributed by atoms with van der Waals surface area (Å²) >= 11 is 0. The second kappa shape index (κ2) is 9.46. The Morgan fingerprint density at radius 3 is 2.39 bits per heavy atom. The number of carbonyl (C=O) groups is 1. The van der Waals surface area contributed by atoms with Gasteiger partial charge >= 0.3 is 0 Å². The van der Waals surface area contributed by atoms with Gasteiger partial charge in [0.25, 0.3) is 5.91 Å². The fraction of sp³-hybridized carbons (Fsp3) is 0.435. The molecule has 6 nitrogen and oxygen atoms in total. The molecule has 168 valence electrons. The number of amides is 1. The highest BCUT2D eigenvalue weighted by molar-refractivity contribution is 7.89. The van der Waals surface area contributed by atoms with Crippen LogP contribution in [0.3, 0.4) is 0 Å². The van der Waals surface area contributed by atoms with Gasteiger partial charge in [-0.15, -0.1) is 0 Å². The molecule has 0 radical (unpaired) electrons. The van der Waals surface area contributed by atoms with E-state index in [4.69, 9.17) is 4.74 Å². The second-order valence-electron chi connectivity index (χ2n) is 8.89. The van der Waals surface area contributed by atoms with Crippen molar-refractivity contribution in [2.24, 2.45) is 5.41 Å². The van der Waals surface area contributed by atoms with Crippen LogP contribution in [0.1, 0.15) is 49.2 Å². The van der Waals surface area contributed by atoms with Crippen molar-refractivity contribution in [2.75, 3.05) is 26.3 Å². The Kier molecular flexibility index (Phi) is 7.13. The number of ether oxygens (including phenoxy) is 1. The van der Waals surface area contributed by atoms with Crippen LogP contribution in [-0.2, 0) is 14.8 Å². The maximum atomic E-state index is 13.4. The average molecular weight is 449 g/mol. The maximum Gasteiger partial charge on any atom is 0.251 e. The Bertz CT molecular complexity index is 1010. The van der Waals surface area contributed by atoms with Crippen LogP contribution in [0, 0.1) is 11.2 Å². The summed E-state index contributed by atoms with van der Waals surface area (Å²) in [5, 5.41) is 2.99. The van der Waals surface area contributed by atoms with Gasteiger partial charge in [-0.25, -0.2) is 12.8 Å². The molecule has 1 saturated heterocycles. The Morgan fingerprint density at radius 2 is 1.77 bits per heavy atom. The SMILES string of the molecule is CC(C)(C)CC(NC(=O)c1cccc(S(=O)(=O)N2CCOCC2)c1)c1ccc(F)cc1. The first-order valence-corrected chi connectivity index (χ1v) is 11.7. The van der Waals surface area contributed by atoms with Crippen LogP contribution in [0.4, 0.5) is 4.39 Å². The molecular formula is C23H29FN2O4S. The predicted molar refractivity (Wildman–Crippen MR) is 117 cm³/mol. The van der Waals surface area contributed by atoms with Crippen molar-refractivity contribution in [3.63, 3.8) is 0 Å². The molecule has 0 bridgehead atoms. The number of nitrogens with zero attached hydrogens (tertiary/aromatic N) is 1. The van der Waals surface area contributed by atoms with Crippen LogP contribution >= 0.6 is 0 Å². The first-order chi connectivity index (χ1) is 14.6. The molecule has 8 heteroatoms. The van der Waals surface area contributed by atoms with E-state index in [0.29, 0.717) is 19.6 Å². The number of nitrogens with one attached hydrogen (secondary N) is 1. The normalized spacial score (nSPS) is 16.6. The van der Waals surface area contributed by atoms with Crippen molar-refractivity contribution in [3.8, 4) is 0 Å². The molecule has 1 heterocycles. The number of benzene rings is 2. The molecule has 1 atom stereocenters. The highest BCUT2D eigenvalue weighted by atomic mass is 32.2. The van der Waals surface area contributed by atoms with Gasteiger partial charge in [-0.05, 0) is 47.7 Å². The van der Waals surface area contributed by atoms with Gasteiger partial charge in [-0.1, -0.05) is 39.0 Å². The minimum absolute atomic E-state index is 0.0798. The smallest absolute Gasteiger partial charge is 0.251 e. The third-order valence-corrected chi connectivity index (χ3v) is 6.99. The lowest BCUT2D eigenvalue weighted by molar-refractivity contribution is 0.0730. The quantitative estimate of drug-likeness (QED) is 0.730. The van der Waals surface area contributed by atoms with Crippen LogP contribution in [0.5, 0.6) is 0 Å². The van der Waals surface area contributed by atoms with Crippen molar-refractivity contribution in [2.45, 2.75) is 38.1 Å². The molecule has 0 saturated carbocycles. The highest BCUT2D eigenvalue weighted by Crippen LogP contribution is 2.30. The van der Waals surface area contributed by atoms with Gasteiger partial charge in [0.05, 0.1) is 24.2 Å². The molecule has 31 heavy (non-hydrogen) atoms. The van der Waals surface area contributed by atoms with E-state index in [1.165, 1.54) is 28.6 Å². The van der Waals surface area contributed by atoms with Crippen LogP contribution in [0.15, 0.2) is 53.4 Å². The van der Waals surface area contributed by atoms with E-state index in [1.807, 2.05) is 0 Å². The monoisotopic (exact) mass is 448 g/mol. The Balaban J connectivity index is 1.83. The Labute approximate surface area is 183 Å². The number of carbonyl (C=O) groups excluding carboxylic acids is 1. The summed E-state index contributed by atoms with van der Waals surface area (Å²) in [7, 11) is -3.70. The summed E-state index contributed by atoms with van der Waals surface area (Å²) in [4.78, 5) is 13.1. The van der Waals surface area contributed by atoms with E-state index < -0.39 is 10.0 Å². The first kappa shape index (κ1) is 23.4. The molecule has 0 aromatic heterocycles. The van der Waals surface area contributed by atoms with Crippen molar-refractivity contribution in [1.29, 1.82) is 0 Å². The lowest BCUT2D eigenvalue weighted by atomic mass is 9.85. The summed E-state index contributed by atoms with van der Waals surface area (Å²) < 4.78 is 45.8. The molecule has 3 rings (SSSR count). The number of halogens is 1. The van der Waals surface area contributed by atoms with Crippen LogP contribution in [0.25, 0.3) is 0 Å². The van der Waals surface area contributed by atoms with E-state index in [2.05, 4.69) is 26.1 Å².